The van der Waals surface area contributed by atoms with Crippen molar-refractivity contribution < 1.29 is 45.7 Å². The molecule has 0 amide bonds. The summed E-state index contributed by atoms with van der Waals surface area (Å²) in [5.41, 5.74) is -5.64. The Balaban J connectivity index is 2.01. The molecule has 12 heteroatoms. The number of benzene rings is 1. The number of hydrogen-bond acceptors (Lipinski definition) is 7. The maximum Gasteiger partial charge on any atom is 0.511 e. The quantitative estimate of drug-likeness (QED) is 0.694. The van der Waals surface area contributed by atoms with Crippen molar-refractivity contribution in [2.45, 2.75) is 36.2 Å². The van der Waals surface area contributed by atoms with E-state index in [2.05, 4.69) is 0 Å². The number of phenols is 1. The van der Waals surface area contributed by atoms with Crippen molar-refractivity contribution in [3.05, 3.63) is 46.4 Å². The summed E-state index contributed by atoms with van der Waals surface area (Å²) in [7, 11) is -1.69. The predicted octanol–water partition coefficient (Wildman–Crippen LogP) is 2.82. The molecule has 0 fully saturated rings. The van der Waals surface area contributed by atoms with Gasteiger partial charge in [0.15, 0.2) is 23.0 Å². The van der Waals surface area contributed by atoms with E-state index in [1.54, 1.807) is 0 Å². The largest absolute Gasteiger partial charge is 0.511 e. The number of methoxy groups -OCH3 is 3. The van der Waals surface area contributed by atoms with Crippen molar-refractivity contribution in [1.29, 1.82) is 0 Å². The van der Waals surface area contributed by atoms with E-state index in [9.17, 15) is 31.5 Å². The number of Topliss-reactive ketones (excluding diaryl/α,β-unsaturated/α-hetero) is 1. The third kappa shape index (κ3) is 3.30. The fraction of sp³-hybridized carbons (Fsp3) is 0.476. The highest BCUT2D eigenvalue weighted by Gasteiger charge is 2.56. The Morgan fingerprint density at radius 2 is 1.73 bits per heavy atom. The molecule has 1 N–H and O–H groups in total. The summed E-state index contributed by atoms with van der Waals surface area (Å²) in [4.78, 5) is 12.5. The molecular formula is C21H22F3NO7S. The van der Waals surface area contributed by atoms with Crippen LogP contribution in [0, 0.1) is 0 Å². The van der Waals surface area contributed by atoms with E-state index in [1.807, 2.05) is 0 Å². The lowest BCUT2D eigenvalue weighted by molar-refractivity contribution is -0.118. The second-order valence-corrected chi connectivity index (χ2v) is 9.92. The number of phenolic OH excluding ortho intramolecular Hbond substituents is 1. The van der Waals surface area contributed by atoms with Crippen LogP contribution in [0.3, 0.4) is 0 Å². The molecule has 0 radical (unpaired) electrons. The Labute approximate surface area is 188 Å². The lowest BCUT2D eigenvalue weighted by Gasteiger charge is -2.46. The van der Waals surface area contributed by atoms with Gasteiger partial charge in [-0.3, -0.25) is 4.79 Å². The molecule has 0 bridgehead atoms. The average molecular weight is 489 g/mol. The molecule has 180 valence electrons. The van der Waals surface area contributed by atoms with Gasteiger partial charge in [0.1, 0.15) is 0 Å². The number of aromatic hydroxyl groups is 1. The van der Waals surface area contributed by atoms with Gasteiger partial charge < -0.3 is 19.3 Å². The number of alkyl halides is 3. The summed E-state index contributed by atoms with van der Waals surface area (Å²) in [6, 6.07) is 0.363. The van der Waals surface area contributed by atoms with Crippen molar-refractivity contribution in [3.63, 3.8) is 0 Å². The van der Waals surface area contributed by atoms with Crippen LogP contribution in [-0.4, -0.2) is 57.0 Å². The zero-order chi connectivity index (χ0) is 24.3. The molecule has 1 spiro atoms. The van der Waals surface area contributed by atoms with Gasteiger partial charge in [0.25, 0.3) is 5.78 Å². The highest BCUT2D eigenvalue weighted by atomic mass is 32.2. The monoisotopic (exact) mass is 489 g/mol. The molecule has 33 heavy (non-hydrogen) atoms. The van der Waals surface area contributed by atoms with E-state index in [-0.39, 0.29) is 60.0 Å². The van der Waals surface area contributed by atoms with E-state index in [1.165, 1.54) is 39.5 Å². The molecule has 0 saturated heterocycles. The summed E-state index contributed by atoms with van der Waals surface area (Å²) in [6.45, 7) is -0.364. The van der Waals surface area contributed by atoms with Crippen molar-refractivity contribution >= 4 is 15.8 Å². The molecule has 8 nitrogen and oxygen atoms in total. The van der Waals surface area contributed by atoms with Gasteiger partial charge in [-0.25, -0.2) is 8.42 Å². The standard InChI is InChI=1S/C21H22F3NO7S/c1-30-13-8-11-5-7-25(33(28,29)21(22,23)24)12-4-6-20(17(16(11)12)19(13)27)9-14(31-2)18(26)15(10-20)32-3/h8-10,12,27H,4-7H2,1-3H3/t12-/m0/s1. The second kappa shape index (κ2) is 7.66. The lowest BCUT2D eigenvalue weighted by atomic mass is 9.64. The Bertz CT molecular complexity index is 1160. The highest BCUT2D eigenvalue weighted by Crippen LogP contribution is 2.57. The Morgan fingerprint density at radius 3 is 2.24 bits per heavy atom. The molecule has 0 aromatic heterocycles. The first-order valence-electron chi connectivity index (χ1n) is 10.0. The van der Waals surface area contributed by atoms with Gasteiger partial charge in [0, 0.05) is 17.5 Å². The van der Waals surface area contributed by atoms with E-state index in [4.69, 9.17) is 14.2 Å². The third-order valence-electron chi connectivity index (χ3n) is 6.46. The second-order valence-electron chi connectivity index (χ2n) is 8.04. The van der Waals surface area contributed by atoms with Crippen LogP contribution in [0.2, 0.25) is 0 Å². The molecule has 1 aromatic rings. The molecule has 1 aliphatic heterocycles. The molecule has 0 unspecified atom stereocenters. The average Bonchev–Trinajstić information content (AvgIpc) is 2.77. The van der Waals surface area contributed by atoms with E-state index in [0.29, 0.717) is 9.87 Å². The smallest absolute Gasteiger partial charge is 0.504 e. The Kier molecular flexibility index (Phi) is 5.44. The topological polar surface area (TPSA) is 102 Å². The van der Waals surface area contributed by atoms with Crippen LogP contribution in [-0.2, 0) is 36.1 Å². The molecule has 2 aliphatic carbocycles. The lowest BCUT2D eigenvalue weighted by Crippen LogP contribution is -2.49. The summed E-state index contributed by atoms with van der Waals surface area (Å²) in [5.74, 6) is -0.892. The summed E-state index contributed by atoms with van der Waals surface area (Å²) in [5, 5.41) is 11.1. The number of hydrogen-bond donors (Lipinski definition) is 1. The number of rotatable bonds is 4. The first kappa shape index (κ1) is 23.4. The molecule has 0 saturated carbocycles. The Hall–Kier alpha value is -2.73. The zero-order valence-electron chi connectivity index (χ0n) is 18.0. The van der Waals surface area contributed by atoms with E-state index >= 15 is 0 Å². The van der Waals surface area contributed by atoms with Gasteiger partial charge in [-0.05, 0) is 48.6 Å². The van der Waals surface area contributed by atoms with Crippen LogP contribution in [0.25, 0.3) is 0 Å². The molecule has 1 aromatic carbocycles. The first-order valence-corrected chi connectivity index (χ1v) is 11.5. The maximum absolute atomic E-state index is 13.4. The zero-order valence-corrected chi connectivity index (χ0v) is 18.8. The molecule has 3 aliphatic rings. The van der Waals surface area contributed by atoms with E-state index in [0.717, 1.165) is 0 Å². The molecular weight excluding hydrogens is 467 g/mol. The van der Waals surface area contributed by atoms with Gasteiger partial charge in [-0.1, -0.05) is 0 Å². The van der Waals surface area contributed by atoms with Crippen LogP contribution in [0.15, 0.2) is 29.7 Å². The number of halogens is 3. The highest BCUT2D eigenvalue weighted by molar-refractivity contribution is 7.90. The van der Waals surface area contributed by atoms with Crippen LogP contribution in [0.5, 0.6) is 11.5 Å². The summed E-state index contributed by atoms with van der Waals surface area (Å²) < 4.78 is 81.1. The normalized spacial score (nSPS) is 22.4. The van der Waals surface area contributed by atoms with Crippen LogP contribution in [0.4, 0.5) is 13.2 Å². The molecule has 4 rings (SSSR count). The number of nitrogens with zero attached hydrogens (tertiary/aromatic N) is 1. The number of fused-ring (bicyclic) bond motifs is 1. The van der Waals surface area contributed by atoms with Gasteiger partial charge in [-0.2, -0.15) is 17.5 Å². The number of sulfonamides is 1. The summed E-state index contributed by atoms with van der Waals surface area (Å²) >= 11 is 0. The van der Waals surface area contributed by atoms with Gasteiger partial charge in [0.2, 0.25) is 0 Å². The van der Waals surface area contributed by atoms with Crippen LogP contribution < -0.4 is 4.74 Å². The number of carbonyl (C=O) groups is 1. The SMILES string of the molecule is COC1=CC2(C=C(OC)C1=O)CC[C@H]1c3c(cc(OC)c(O)c32)CCN1S(=O)(=O)C(F)(F)F. The van der Waals surface area contributed by atoms with Crippen LogP contribution >= 0.6 is 0 Å². The number of ether oxygens (including phenoxy) is 3. The number of allylic oxidation sites excluding steroid dienone is 2. The van der Waals surface area contributed by atoms with Gasteiger partial charge in [-0.15, -0.1) is 0 Å². The number of ketones is 1. The van der Waals surface area contributed by atoms with Crippen molar-refractivity contribution in [1.82, 2.24) is 4.31 Å². The minimum absolute atomic E-state index is 0.0102. The predicted molar refractivity (Wildman–Crippen MR) is 109 cm³/mol. The van der Waals surface area contributed by atoms with Crippen molar-refractivity contribution in [2.75, 3.05) is 27.9 Å². The molecule has 1 heterocycles. The fourth-order valence-corrected chi connectivity index (χ4v) is 6.17. The minimum atomic E-state index is -5.61. The van der Waals surface area contributed by atoms with Gasteiger partial charge >= 0.3 is 15.5 Å². The molecule has 1 atom stereocenters. The Morgan fingerprint density at radius 1 is 1.12 bits per heavy atom. The summed E-state index contributed by atoms with van der Waals surface area (Å²) in [6.07, 6.45) is 3.06. The maximum atomic E-state index is 13.4. The fourth-order valence-electron chi connectivity index (χ4n) is 5.02. The van der Waals surface area contributed by atoms with Crippen molar-refractivity contribution in [2.24, 2.45) is 0 Å². The van der Waals surface area contributed by atoms with Crippen LogP contribution in [0.1, 0.15) is 35.6 Å². The van der Waals surface area contributed by atoms with Crippen molar-refractivity contribution in [3.8, 4) is 11.5 Å². The number of carbonyl (C=O) groups excluding carboxylic acids is 1. The van der Waals surface area contributed by atoms with E-state index < -0.39 is 32.8 Å². The minimum Gasteiger partial charge on any atom is -0.504 e. The first-order chi connectivity index (χ1) is 15.4. The third-order valence-corrected chi connectivity index (χ3v) is 8.10. The van der Waals surface area contributed by atoms with Gasteiger partial charge in [0.05, 0.1) is 27.4 Å².